The van der Waals surface area contributed by atoms with Crippen LogP contribution in [0.15, 0.2) is 12.3 Å². The molecule has 0 bridgehead atoms. The molecule has 0 radical (unpaired) electrons. The Kier molecular flexibility index (Phi) is 7.70. The van der Waals surface area contributed by atoms with Crippen molar-refractivity contribution in [1.82, 2.24) is 15.1 Å². The molecule has 0 fully saturated rings. The Morgan fingerprint density at radius 2 is 1.89 bits per heavy atom. The third kappa shape index (κ3) is 4.60. The maximum absolute atomic E-state index is 5.74. The number of aryl methyl sites for hydroxylation is 1. The number of ether oxygens (including phenoxy) is 2. The van der Waals surface area contributed by atoms with Crippen LogP contribution in [-0.4, -0.2) is 35.8 Å². The first-order valence-corrected chi connectivity index (χ1v) is 7.26. The number of aromatic nitrogens is 2. The zero-order valence-corrected chi connectivity index (χ0v) is 12.6. The molecule has 5 heteroatoms. The number of rotatable bonds is 10. The van der Waals surface area contributed by atoms with Crippen molar-refractivity contribution in [3.8, 4) is 0 Å². The van der Waals surface area contributed by atoms with Crippen molar-refractivity contribution in [1.29, 1.82) is 0 Å². The Labute approximate surface area is 116 Å². The van der Waals surface area contributed by atoms with Gasteiger partial charge in [-0.2, -0.15) is 5.10 Å². The lowest BCUT2D eigenvalue weighted by atomic mass is 10.2. The van der Waals surface area contributed by atoms with E-state index >= 15 is 0 Å². The van der Waals surface area contributed by atoms with Crippen molar-refractivity contribution < 1.29 is 9.47 Å². The van der Waals surface area contributed by atoms with Crippen LogP contribution in [0.2, 0.25) is 0 Å². The van der Waals surface area contributed by atoms with Gasteiger partial charge in [0.15, 0.2) is 6.29 Å². The largest absolute Gasteiger partial charge is 0.351 e. The number of nitrogens with zero attached hydrogens (tertiary/aromatic N) is 2. The minimum Gasteiger partial charge on any atom is -0.351 e. The highest BCUT2D eigenvalue weighted by molar-refractivity contribution is 5.08. The highest BCUT2D eigenvalue weighted by atomic mass is 16.7. The van der Waals surface area contributed by atoms with E-state index in [-0.39, 0.29) is 12.3 Å². The molecule has 1 unspecified atom stereocenters. The third-order valence-corrected chi connectivity index (χ3v) is 2.92. The molecule has 0 aliphatic carbocycles. The van der Waals surface area contributed by atoms with Crippen molar-refractivity contribution in [3.63, 3.8) is 0 Å². The highest BCUT2D eigenvalue weighted by Crippen LogP contribution is 2.20. The molecule has 0 aliphatic rings. The van der Waals surface area contributed by atoms with E-state index in [2.05, 4.69) is 24.3 Å². The summed E-state index contributed by atoms with van der Waals surface area (Å²) in [5.74, 6) is 0. The van der Waals surface area contributed by atoms with Crippen molar-refractivity contribution >= 4 is 0 Å². The number of nitrogens with one attached hydrogen (secondary N) is 1. The molecule has 1 atom stereocenters. The van der Waals surface area contributed by atoms with E-state index in [0.717, 1.165) is 25.2 Å². The minimum atomic E-state index is -0.274. The first-order valence-electron chi connectivity index (χ1n) is 7.26. The molecule has 19 heavy (non-hydrogen) atoms. The van der Waals surface area contributed by atoms with Crippen LogP contribution >= 0.6 is 0 Å². The standard InChI is InChI=1S/C14H27N3O2/c1-5-10-15-13(14(18-7-3)19-8-4)12-9-11-16-17(12)6-2/h9,11,13-15H,5-8,10H2,1-4H3. The molecule has 1 heterocycles. The zero-order chi connectivity index (χ0) is 14.1. The van der Waals surface area contributed by atoms with Crippen LogP contribution in [0.25, 0.3) is 0 Å². The predicted octanol–water partition coefficient (Wildman–Crippen LogP) is 2.34. The van der Waals surface area contributed by atoms with E-state index in [9.17, 15) is 0 Å². The minimum absolute atomic E-state index is 0.0160. The number of hydrogen-bond acceptors (Lipinski definition) is 4. The summed E-state index contributed by atoms with van der Waals surface area (Å²) in [5.41, 5.74) is 1.11. The molecule has 1 aromatic rings. The fourth-order valence-corrected chi connectivity index (χ4v) is 2.08. The van der Waals surface area contributed by atoms with Crippen LogP contribution in [0.5, 0.6) is 0 Å². The van der Waals surface area contributed by atoms with Gasteiger partial charge >= 0.3 is 0 Å². The van der Waals surface area contributed by atoms with E-state index in [1.165, 1.54) is 0 Å². The smallest absolute Gasteiger partial charge is 0.178 e. The maximum Gasteiger partial charge on any atom is 0.178 e. The molecule has 1 aromatic heterocycles. The Balaban J connectivity index is 2.90. The SMILES string of the molecule is CCCNC(c1ccnn1CC)C(OCC)OCC. The molecular weight excluding hydrogens is 242 g/mol. The van der Waals surface area contributed by atoms with Gasteiger partial charge in [-0.1, -0.05) is 6.92 Å². The molecule has 0 amide bonds. The lowest BCUT2D eigenvalue weighted by molar-refractivity contribution is -0.156. The lowest BCUT2D eigenvalue weighted by Gasteiger charge is -2.28. The van der Waals surface area contributed by atoms with E-state index in [0.29, 0.717) is 13.2 Å². The van der Waals surface area contributed by atoms with Crippen LogP contribution < -0.4 is 5.32 Å². The van der Waals surface area contributed by atoms with Gasteiger partial charge in [0.05, 0.1) is 5.69 Å². The summed E-state index contributed by atoms with van der Waals surface area (Å²) in [6.07, 6.45) is 2.62. The molecule has 0 saturated heterocycles. The first kappa shape index (κ1) is 16.1. The average Bonchev–Trinajstić information content (AvgIpc) is 2.88. The molecule has 5 nitrogen and oxygen atoms in total. The van der Waals surface area contributed by atoms with E-state index < -0.39 is 0 Å². The van der Waals surface area contributed by atoms with Crippen LogP contribution in [0, 0.1) is 0 Å². The summed E-state index contributed by atoms with van der Waals surface area (Å²) in [6.45, 7) is 11.2. The Morgan fingerprint density at radius 3 is 2.42 bits per heavy atom. The van der Waals surface area contributed by atoms with Gasteiger partial charge in [-0.15, -0.1) is 0 Å². The summed E-state index contributed by atoms with van der Waals surface area (Å²) in [6, 6.07) is 2.05. The molecular formula is C14H27N3O2. The summed E-state index contributed by atoms with van der Waals surface area (Å²) in [4.78, 5) is 0. The van der Waals surface area contributed by atoms with Crippen LogP contribution in [-0.2, 0) is 16.0 Å². The molecule has 110 valence electrons. The number of hydrogen-bond donors (Lipinski definition) is 1. The third-order valence-electron chi connectivity index (χ3n) is 2.92. The Morgan fingerprint density at radius 1 is 1.21 bits per heavy atom. The van der Waals surface area contributed by atoms with Crippen LogP contribution in [0.4, 0.5) is 0 Å². The molecule has 1 N–H and O–H groups in total. The first-order chi connectivity index (χ1) is 9.28. The average molecular weight is 269 g/mol. The molecule has 1 rings (SSSR count). The van der Waals surface area contributed by atoms with Gasteiger partial charge in [0, 0.05) is 26.0 Å². The maximum atomic E-state index is 5.74. The highest BCUT2D eigenvalue weighted by Gasteiger charge is 2.26. The van der Waals surface area contributed by atoms with Gasteiger partial charge < -0.3 is 14.8 Å². The van der Waals surface area contributed by atoms with Crippen molar-refractivity contribution in [2.75, 3.05) is 19.8 Å². The fraction of sp³-hybridized carbons (Fsp3) is 0.786. The predicted molar refractivity (Wildman–Crippen MR) is 76.0 cm³/mol. The monoisotopic (exact) mass is 269 g/mol. The summed E-state index contributed by atoms with van der Waals surface area (Å²) < 4.78 is 13.5. The summed E-state index contributed by atoms with van der Waals surface area (Å²) in [5, 5.41) is 7.84. The van der Waals surface area contributed by atoms with Crippen molar-refractivity contribution in [2.45, 2.75) is 53.0 Å². The second-order valence-electron chi connectivity index (χ2n) is 4.28. The van der Waals surface area contributed by atoms with Crippen LogP contribution in [0.1, 0.15) is 45.9 Å². The summed E-state index contributed by atoms with van der Waals surface area (Å²) >= 11 is 0. The quantitative estimate of drug-likeness (QED) is 0.662. The van der Waals surface area contributed by atoms with Gasteiger partial charge in [0.2, 0.25) is 0 Å². The van der Waals surface area contributed by atoms with Gasteiger partial charge in [0.1, 0.15) is 6.04 Å². The topological polar surface area (TPSA) is 48.3 Å². The zero-order valence-electron chi connectivity index (χ0n) is 12.6. The Bertz CT molecular complexity index is 335. The Hall–Kier alpha value is -0.910. The van der Waals surface area contributed by atoms with E-state index in [1.807, 2.05) is 30.8 Å². The molecule has 0 spiro atoms. The fourth-order valence-electron chi connectivity index (χ4n) is 2.08. The van der Waals surface area contributed by atoms with Gasteiger partial charge in [-0.3, -0.25) is 4.68 Å². The second-order valence-corrected chi connectivity index (χ2v) is 4.28. The second kappa shape index (κ2) is 9.07. The summed E-state index contributed by atoms with van der Waals surface area (Å²) in [7, 11) is 0. The van der Waals surface area contributed by atoms with E-state index in [1.54, 1.807) is 0 Å². The van der Waals surface area contributed by atoms with Crippen molar-refractivity contribution in [3.05, 3.63) is 18.0 Å². The molecule has 0 saturated carbocycles. The van der Waals surface area contributed by atoms with Crippen molar-refractivity contribution in [2.24, 2.45) is 0 Å². The molecule has 0 aliphatic heterocycles. The van der Waals surface area contributed by atoms with Gasteiger partial charge in [-0.25, -0.2) is 0 Å². The lowest BCUT2D eigenvalue weighted by Crippen LogP contribution is -2.37. The normalized spacial score (nSPS) is 13.1. The van der Waals surface area contributed by atoms with Gasteiger partial charge in [-0.05, 0) is 39.8 Å². The molecule has 0 aromatic carbocycles. The van der Waals surface area contributed by atoms with Crippen LogP contribution in [0.3, 0.4) is 0 Å². The van der Waals surface area contributed by atoms with Gasteiger partial charge in [0.25, 0.3) is 0 Å². The van der Waals surface area contributed by atoms with E-state index in [4.69, 9.17) is 9.47 Å².